The molecule has 2 amide bonds. The quantitative estimate of drug-likeness (QED) is 0.388. The molecule has 3 heterocycles. The zero-order valence-corrected chi connectivity index (χ0v) is 26.0. The second-order valence-electron chi connectivity index (χ2n) is 12.5. The fraction of sp³-hybridized carbons (Fsp3) is 0.429. The van der Waals surface area contributed by atoms with Crippen LogP contribution in [-0.2, 0) is 17.8 Å². The van der Waals surface area contributed by atoms with Gasteiger partial charge >= 0.3 is 0 Å². The summed E-state index contributed by atoms with van der Waals surface area (Å²) in [5.41, 5.74) is 10.8. The number of anilines is 2. The van der Waals surface area contributed by atoms with Gasteiger partial charge < -0.3 is 25.8 Å². The van der Waals surface area contributed by atoms with E-state index in [9.17, 15) is 23.6 Å². The predicted octanol–water partition coefficient (Wildman–Crippen LogP) is 4.47. The van der Waals surface area contributed by atoms with E-state index >= 15 is 0 Å². The number of nitriles is 1. The number of fused-ring (bicyclic) bond motifs is 2. The van der Waals surface area contributed by atoms with Crippen molar-refractivity contribution in [3.8, 4) is 6.07 Å². The lowest BCUT2D eigenvalue weighted by Gasteiger charge is -2.43. The van der Waals surface area contributed by atoms with Crippen LogP contribution in [0.4, 0.5) is 20.2 Å². The summed E-state index contributed by atoms with van der Waals surface area (Å²) in [7, 11) is 0. The lowest BCUT2D eigenvalue weighted by atomic mass is 9.87. The number of benzene rings is 2. The van der Waals surface area contributed by atoms with Crippen molar-refractivity contribution in [3.63, 3.8) is 0 Å². The highest BCUT2D eigenvalue weighted by Gasteiger charge is 2.47. The van der Waals surface area contributed by atoms with Crippen LogP contribution in [0, 0.1) is 18.3 Å². The summed E-state index contributed by atoms with van der Waals surface area (Å²) < 4.78 is 29.8. The van der Waals surface area contributed by atoms with E-state index in [0.717, 1.165) is 33.3 Å². The standard InChI is InChI=1S/C35H39F2N7O2/c1-3-31(45)44-18-17-43(20-24(44)12-15-38)30-19-27(34(46)41-33-26(39)10-6-14-35(33,36)37)40-28-21-42(16-13-25(28)30)29-11-5-9-23-8-4-7-22(2)32(23)29/h3-5,7-9,11,19,24,26,33H,1,6,10,12-14,16-18,20-21,39H2,2H3,(H,41,46)/t24-,26+,33+/m0/s1. The Bertz CT molecular complexity index is 1720. The number of carbonyl (C=O) groups excluding carboxylic acids is 2. The number of amides is 2. The van der Waals surface area contributed by atoms with Gasteiger partial charge in [-0.25, -0.2) is 13.8 Å². The molecule has 2 fully saturated rings. The molecule has 3 aliphatic rings. The van der Waals surface area contributed by atoms with Crippen molar-refractivity contribution in [1.82, 2.24) is 15.2 Å². The highest BCUT2D eigenvalue weighted by Crippen LogP contribution is 2.37. The molecule has 3 N–H and O–H groups in total. The molecule has 0 unspecified atom stereocenters. The van der Waals surface area contributed by atoms with E-state index in [1.807, 2.05) is 12.1 Å². The normalized spacial score (nSPS) is 22.6. The average Bonchev–Trinajstić information content (AvgIpc) is 3.05. The first-order valence-electron chi connectivity index (χ1n) is 15.9. The number of rotatable bonds is 6. The minimum absolute atomic E-state index is 0.0414. The van der Waals surface area contributed by atoms with Crippen molar-refractivity contribution >= 4 is 34.0 Å². The molecule has 240 valence electrons. The van der Waals surface area contributed by atoms with Gasteiger partial charge in [0.05, 0.1) is 30.8 Å². The van der Waals surface area contributed by atoms with E-state index in [4.69, 9.17) is 10.7 Å². The molecule has 0 spiro atoms. The molecule has 9 nitrogen and oxygen atoms in total. The van der Waals surface area contributed by atoms with Crippen LogP contribution >= 0.6 is 0 Å². The van der Waals surface area contributed by atoms with Crippen molar-refractivity contribution in [3.05, 3.63) is 77.6 Å². The second kappa shape index (κ2) is 12.7. The van der Waals surface area contributed by atoms with E-state index in [1.54, 1.807) is 11.0 Å². The molecule has 1 saturated heterocycles. The van der Waals surface area contributed by atoms with E-state index in [-0.39, 0.29) is 30.5 Å². The molecule has 3 aromatic rings. The van der Waals surface area contributed by atoms with Gasteiger partial charge in [-0.15, -0.1) is 0 Å². The first-order chi connectivity index (χ1) is 22.1. The maximum absolute atomic E-state index is 14.9. The van der Waals surface area contributed by atoms with Gasteiger partial charge in [-0.2, -0.15) is 5.26 Å². The molecular formula is C35H39F2N7O2. The molecule has 0 radical (unpaired) electrons. The van der Waals surface area contributed by atoms with Gasteiger partial charge in [0.1, 0.15) is 11.7 Å². The number of nitrogens with two attached hydrogens (primary N) is 1. The Balaban J connectivity index is 1.38. The number of nitrogens with one attached hydrogen (secondary N) is 1. The third-order valence-corrected chi connectivity index (χ3v) is 9.65. The summed E-state index contributed by atoms with van der Waals surface area (Å²) >= 11 is 0. The predicted molar refractivity (Wildman–Crippen MR) is 174 cm³/mol. The molecular weight excluding hydrogens is 588 g/mol. The number of aryl methyl sites for hydroxylation is 1. The van der Waals surface area contributed by atoms with Crippen LogP contribution in [0.15, 0.2) is 55.1 Å². The molecule has 46 heavy (non-hydrogen) atoms. The number of nitrogens with zero attached hydrogens (tertiary/aromatic N) is 5. The van der Waals surface area contributed by atoms with Gasteiger partial charge in [0.15, 0.2) is 0 Å². The zero-order valence-electron chi connectivity index (χ0n) is 26.0. The molecule has 11 heteroatoms. The smallest absolute Gasteiger partial charge is 0.270 e. The summed E-state index contributed by atoms with van der Waals surface area (Å²) in [6.45, 7) is 8.05. The SMILES string of the molecule is C=CC(=O)N1CCN(c2cc(C(=O)N[C@@H]3[C@H](N)CCCC3(F)F)nc3c2CCN(c2cccc4cccc(C)c24)C3)C[C@@H]1CC#N. The molecule has 2 aromatic carbocycles. The largest absolute Gasteiger partial charge is 0.367 e. The molecule has 2 aliphatic heterocycles. The van der Waals surface area contributed by atoms with Gasteiger partial charge in [0, 0.05) is 61.0 Å². The molecule has 6 rings (SSSR count). The number of carbonyl (C=O) groups is 2. The summed E-state index contributed by atoms with van der Waals surface area (Å²) in [6.07, 6.45) is 2.40. The van der Waals surface area contributed by atoms with E-state index < -0.39 is 23.9 Å². The third-order valence-electron chi connectivity index (χ3n) is 9.65. The van der Waals surface area contributed by atoms with Crippen molar-refractivity contribution in [2.45, 2.75) is 69.6 Å². The van der Waals surface area contributed by atoms with Crippen LogP contribution in [0.3, 0.4) is 0 Å². The van der Waals surface area contributed by atoms with Crippen LogP contribution in [0.1, 0.15) is 53.0 Å². The highest BCUT2D eigenvalue weighted by atomic mass is 19.3. The molecule has 0 bridgehead atoms. The number of aromatic nitrogens is 1. The van der Waals surface area contributed by atoms with Crippen LogP contribution in [0.5, 0.6) is 0 Å². The topological polar surface area (TPSA) is 119 Å². The van der Waals surface area contributed by atoms with Crippen molar-refractivity contribution < 1.29 is 18.4 Å². The minimum atomic E-state index is -3.12. The van der Waals surface area contributed by atoms with Gasteiger partial charge in [-0.3, -0.25) is 9.59 Å². The monoisotopic (exact) mass is 627 g/mol. The Hall–Kier alpha value is -4.56. The molecule has 1 aromatic heterocycles. The second-order valence-corrected chi connectivity index (χ2v) is 12.5. The molecule has 1 saturated carbocycles. The Kier molecular flexibility index (Phi) is 8.66. The number of hydrogen-bond donors (Lipinski definition) is 2. The van der Waals surface area contributed by atoms with Crippen LogP contribution in [0.25, 0.3) is 10.8 Å². The first-order valence-corrected chi connectivity index (χ1v) is 15.9. The Morgan fingerprint density at radius 1 is 1.17 bits per heavy atom. The van der Waals surface area contributed by atoms with Gasteiger partial charge in [0.25, 0.3) is 11.8 Å². The fourth-order valence-electron chi connectivity index (χ4n) is 7.29. The third kappa shape index (κ3) is 5.89. The van der Waals surface area contributed by atoms with Gasteiger partial charge in [-0.1, -0.05) is 36.9 Å². The van der Waals surface area contributed by atoms with E-state index in [0.29, 0.717) is 57.7 Å². The van der Waals surface area contributed by atoms with Crippen LogP contribution in [0.2, 0.25) is 0 Å². The summed E-state index contributed by atoms with van der Waals surface area (Å²) in [4.78, 5) is 37.0. The zero-order chi connectivity index (χ0) is 32.6. The summed E-state index contributed by atoms with van der Waals surface area (Å²) in [5, 5.41) is 14.3. The number of hydrogen-bond acceptors (Lipinski definition) is 7. The lowest BCUT2D eigenvalue weighted by Crippen LogP contribution is -2.59. The van der Waals surface area contributed by atoms with E-state index in [2.05, 4.69) is 59.0 Å². The Morgan fingerprint density at radius 3 is 2.70 bits per heavy atom. The summed E-state index contributed by atoms with van der Waals surface area (Å²) in [6, 6.07) is 13.6. The maximum atomic E-state index is 14.9. The average molecular weight is 628 g/mol. The number of alkyl halides is 2. The minimum Gasteiger partial charge on any atom is -0.367 e. The highest BCUT2D eigenvalue weighted by molar-refractivity contribution is 5.97. The number of pyridine rings is 1. The van der Waals surface area contributed by atoms with Crippen LogP contribution < -0.4 is 20.9 Å². The number of piperazine rings is 1. The van der Waals surface area contributed by atoms with E-state index in [1.165, 1.54) is 6.08 Å². The van der Waals surface area contributed by atoms with Crippen molar-refractivity contribution in [2.24, 2.45) is 5.73 Å². The Morgan fingerprint density at radius 2 is 1.96 bits per heavy atom. The van der Waals surface area contributed by atoms with Crippen molar-refractivity contribution in [2.75, 3.05) is 36.0 Å². The maximum Gasteiger partial charge on any atom is 0.270 e. The van der Waals surface area contributed by atoms with Crippen molar-refractivity contribution in [1.29, 1.82) is 5.26 Å². The Labute approximate surface area is 267 Å². The fourth-order valence-corrected chi connectivity index (χ4v) is 7.29. The number of halogens is 2. The van der Waals surface area contributed by atoms with Crippen LogP contribution in [-0.4, -0.2) is 71.9 Å². The summed E-state index contributed by atoms with van der Waals surface area (Å²) in [5.74, 6) is -4.05. The molecule has 3 atom stereocenters. The molecule has 1 aliphatic carbocycles. The first kappa shape index (κ1) is 31.4. The lowest BCUT2D eigenvalue weighted by molar-refractivity contribution is -0.128. The van der Waals surface area contributed by atoms with Gasteiger partial charge in [-0.05, 0) is 55.3 Å². The van der Waals surface area contributed by atoms with Gasteiger partial charge in [0.2, 0.25) is 5.91 Å².